The average molecular weight is 460 g/mol. The summed E-state index contributed by atoms with van der Waals surface area (Å²) in [6.45, 7) is 3.75. The molecule has 1 heterocycles. The molecule has 0 saturated heterocycles. The molecule has 1 atom stereocenters. The lowest BCUT2D eigenvalue weighted by Crippen LogP contribution is -2.41. The molecule has 1 unspecified atom stereocenters. The fourth-order valence-electron chi connectivity index (χ4n) is 3.78. The molecular formula is C25H24N4O5. The van der Waals surface area contributed by atoms with Crippen molar-refractivity contribution in [3.8, 4) is 11.8 Å². The maximum Gasteiger partial charge on any atom is 0.363 e. The van der Waals surface area contributed by atoms with E-state index in [4.69, 9.17) is 4.84 Å². The van der Waals surface area contributed by atoms with Crippen molar-refractivity contribution >= 4 is 17.6 Å². The first-order chi connectivity index (χ1) is 16.3. The van der Waals surface area contributed by atoms with Gasteiger partial charge in [-0.2, -0.15) is 10.7 Å². The van der Waals surface area contributed by atoms with Gasteiger partial charge in [0.1, 0.15) is 11.8 Å². The third kappa shape index (κ3) is 5.48. The molecule has 9 heteroatoms. The Labute approximate surface area is 196 Å². The van der Waals surface area contributed by atoms with Crippen molar-refractivity contribution in [2.24, 2.45) is 5.41 Å². The third-order valence-electron chi connectivity index (χ3n) is 5.55. The summed E-state index contributed by atoms with van der Waals surface area (Å²) in [5, 5.41) is 20.1. The molecule has 0 spiro atoms. The average Bonchev–Trinajstić information content (AvgIpc) is 3.32. The van der Waals surface area contributed by atoms with E-state index in [2.05, 4.69) is 11.5 Å². The zero-order chi connectivity index (χ0) is 24.7. The van der Waals surface area contributed by atoms with Gasteiger partial charge in [-0.15, -0.1) is 0 Å². The van der Waals surface area contributed by atoms with Crippen LogP contribution in [0.3, 0.4) is 0 Å². The lowest BCUT2D eigenvalue weighted by Gasteiger charge is -2.27. The van der Waals surface area contributed by atoms with E-state index in [9.17, 15) is 25.0 Å². The highest BCUT2D eigenvalue weighted by Crippen LogP contribution is 2.29. The first-order valence-corrected chi connectivity index (χ1v) is 10.7. The monoisotopic (exact) mass is 460 g/mol. The normalized spacial score (nSPS) is 12.3. The van der Waals surface area contributed by atoms with Crippen LogP contribution >= 0.6 is 0 Å². The number of carbonyl (C=O) groups is 2. The summed E-state index contributed by atoms with van der Waals surface area (Å²) in [7, 11) is 0. The second kappa shape index (κ2) is 10.4. The minimum atomic E-state index is -0.889. The van der Waals surface area contributed by atoms with E-state index in [1.54, 1.807) is 29.8 Å². The number of nitrogens with one attached hydrogen (secondary N) is 1. The number of nitro groups is 1. The molecule has 174 valence electrons. The molecule has 1 amide bonds. The number of benzene rings is 2. The summed E-state index contributed by atoms with van der Waals surface area (Å²) in [4.78, 5) is 40.5. The Balaban J connectivity index is 1.69. The van der Waals surface area contributed by atoms with Crippen LogP contribution in [-0.2, 0) is 16.1 Å². The van der Waals surface area contributed by atoms with Crippen LogP contribution in [0.15, 0.2) is 66.9 Å². The highest BCUT2D eigenvalue weighted by Gasteiger charge is 2.33. The molecule has 0 fully saturated rings. The first-order valence-electron chi connectivity index (χ1n) is 10.7. The van der Waals surface area contributed by atoms with Crippen molar-refractivity contribution in [3.63, 3.8) is 0 Å². The maximum absolute atomic E-state index is 13.0. The van der Waals surface area contributed by atoms with Crippen LogP contribution in [0.25, 0.3) is 5.69 Å². The fourth-order valence-corrected chi connectivity index (χ4v) is 3.78. The van der Waals surface area contributed by atoms with Crippen LogP contribution < -0.4 is 5.48 Å². The first kappa shape index (κ1) is 24.2. The standard InChI is InChI=1S/C25H24N4O5/c1-3-13-25(2,16-18-9-11-20(12-10-18)28-14-5-8-22(28)17-26)24(31)27-34-23(30)19-6-4-7-21(15-19)29(32)33/h4-12,14-15H,3,13,16H2,1-2H3,(H,27,31). The number of amides is 1. The second-order valence-corrected chi connectivity index (χ2v) is 8.16. The fraction of sp³-hybridized carbons (Fsp3) is 0.240. The number of carbonyl (C=O) groups excluding carboxylic acids is 2. The van der Waals surface area contributed by atoms with Gasteiger partial charge in [0.15, 0.2) is 0 Å². The molecule has 34 heavy (non-hydrogen) atoms. The van der Waals surface area contributed by atoms with E-state index in [1.165, 1.54) is 18.2 Å². The molecule has 3 aromatic rings. The molecule has 1 aromatic heterocycles. The molecule has 0 aliphatic rings. The second-order valence-electron chi connectivity index (χ2n) is 8.16. The number of hydrogen-bond acceptors (Lipinski definition) is 6. The van der Waals surface area contributed by atoms with Crippen molar-refractivity contribution in [2.45, 2.75) is 33.1 Å². The molecule has 9 nitrogen and oxygen atoms in total. The van der Waals surface area contributed by atoms with Crippen molar-refractivity contribution in [2.75, 3.05) is 0 Å². The summed E-state index contributed by atoms with van der Waals surface area (Å²) < 4.78 is 1.77. The van der Waals surface area contributed by atoms with Gasteiger partial charge in [0.25, 0.3) is 11.6 Å². The van der Waals surface area contributed by atoms with Crippen LogP contribution in [0.5, 0.6) is 0 Å². The number of hydrogen-bond donors (Lipinski definition) is 1. The predicted octanol–water partition coefficient (Wildman–Crippen LogP) is 4.49. The SMILES string of the molecule is CCCC(C)(Cc1ccc(-n2cccc2C#N)cc1)C(=O)NOC(=O)c1cccc([N+](=O)[O-])c1. The molecule has 0 aliphatic heterocycles. The summed E-state index contributed by atoms with van der Waals surface area (Å²) >= 11 is 0. The lowest BCUT2D eigenvalue weighted by molar-refractivity contribution is -0.384. The summed E-state index contributed by atoms with van der Waals surface area (Å²) in [5.74, 6) is -1.35. The van der Waals surface area contributed by atoms with Crippen molar-refractivity contribution in [1.29, 1.82) is 5.26 Å². The topological polar surface area (TPSA) is 127 Å². The Hall–Kier alpha value is -4.45. The van der Waals surface area contributed by atoms with Crippen LogP contribution in [0.4, 0.5) is 5.69 Å². The largest absolute Gasteiger partial charge is 0.363 e. The number of non-ortho nitro benzene ring substituents is 1. The van der Waals surface area contributed by atoms with E-state index in [0.717, 1.165) is 23.7 Å². The van der Waals surface area contributed by atoms with Gasteiger partial charge >= 0.3 is 5.97 Å². The van der Waals surface area contributed by atoms with Crippen molar-refractivity contribution in [3.05, 3.63) is 93.8 Å². The minimum absolute atomic E-state index is 0.0379. The molecule has 0 radical (unpaired) electrons. The number of rotatable bonds is 8. The smallest absolute Gasteiger partial charge is 0.335 e. The molecule has 3 rings (SSSR count). The summed E-state index contributed by atoms with van der Waals surface area (Å²) in [6, 6.07) is 18.3. The van der Waals surface area contributed by atoms with Crippen LogP contribution in [0.1, 0.15) is 48.3 Å². The lowest BCUT2D eigenvalue weighted by atomic mass is 9.79. The molecule has 0 saturated carbocycles. The predicted molar refractivity (Wildman–Crippen MR) is 124 cm³/mol. The van der Waals surface area contributed by atoms with Gasteiger partial charge in [-0.3, -0.25) is 14.9 Å². The van der Waals surface area contributed by atoms with Gasteiger partial charge in [-0.1, -0.05) is 38.5 Å². The Kier molecular flexibility index (Phi) is 7.43. The molecule has 0 bridgehead atoms. The highest BCUT2D eigenvalue weighted by molar-refractivity contribution is 5.91. The Bertz CT molecular complexity index is 1240. The third-order valence-corrected chi connectivity index (χ3v) is 5.55. The van der Waals surface area contributed by atoms with E-state index in [0.29, 0.717) is 18.5 Å². The number of aromatic nitrogens is 1. The van der Waals surface area contributed by atoms with Gasteiger partial charge in [-0.05, 0) is 48.7 Å². The van der Waals surface area contributed by atoms with E-state index >= 15 is 0 Å². The van der Waals surface area contributed by atoms with E-state index < -0.39 is 22.2 Å². The van der Waals surface area contributed by atoms with Gasteiger partial charge in [0, 0.05) is 24.0 Å². The Morgan fingerprint density at radius 3 is 2.56 bits per heavy atom. The minimum Gasteiger partial charge on any atom is -0.335 e. The van der Waals surface area contributed by atoms with Crippen LogP contribution in [-0.4, -0.2) is 21.4 Å². The number of hydroxylamine groups is 1. The van der Waals surface area contributed by atoms with Crippen LogP contribution in [0, 0.1) is 26.9 Å². The number of nitro benzene ring substituents is 1. The summed E-state index contributed by atoms with van der Waals surface area (Å²) in [5.41, 5.74) is 3.34. The van der Waals surface area contributed by atoms with Gasteiger partial charge in [-0.25, -0.2) is 4.79 Å². The quantitative estimate of drug-likeness (QED) is 0.390. The molecule has 0 aliphatic carbocycles. The van der Waals surface area contributed by atoms with Gasteiger partial charge < -0.3 is 9.40 Å². The maximum atomic E-state index is 13.0. The van der Waals surface area contributed by atoms with E-state index in [1.807, 2.05) is 31.2 Å². The molecular weight excluding hydrogens is 436 g/mol. The highest BCUT2D eigenvalue weighted by atomic mass is 16.7. The zero-order valence-corrected chi connectivity index (χ0v) is 18.9. The number of nitrogens with zero attached hydrogens (tertiary/aromatic N) is 3. The molecule has 1 N–H and O–H groups in total. The van der Waals surface area contributed by atoms with Crippen molar-refractivity contribution in [1.82, 2.24) is 10.0 Å². The van der Waals surface area contributed by atoms with Crippen molar-refractivity contribution < 1.29 is 19.3 Å². The molecule has 2 aromatic carbocycles. The summed E-state index contributed by atoms with van der Waals surface area (Å²) in [6.07, 6.45) is 3.48. The van der Waals surface area contributed by atoms with Gasteiger partial charge in [0.05, 0.1) is 15.9 Å². The van der Waals surface area contributed by atoms with Crippen LogP contribution in [0.2, 0.25) is 0 Å². The number of nitriles is 1. The Morgan fingerprint density at radius 1 is 1.18 bits per heavy atom. The zero-order valence-electron chi connectivity index (χ0n) is 18.9. The van der Waals surface area contributed by atoms with Gasteiger partial charge in [0.2, 0.25) is 0 Å². The van der Waals surface area contributed by atoms with E-state index in [-0.39, 0.29) is 11.3 Å². The Morgan fingerprint density at radius 2 is 1.91 bits per heavy atom.